The molecule has 1 aliphatic rings. The number of carbonyl (C=O) groups excluding carboxylic acids is 1. The van der Waals surface area contributed by atoms with Gasteiger partial charge in [0.25, 0.3) is 0 Å². The summed E-state index contributed by atoms with van der Waals surface area (Å²) in [7, 11) is 0. The Bertz CT molecular complexity index is 875. The molecule has 0 aromatic carbocycles. The molecule has 1 aliphatic carbocycles. The molecule has 0 saturated heterocycles. The van der Waals surface area contributed by atoms with Gasteiger partial charge in [-0.15, -0.1) is 0 Å². The molecule has 46 heavy (non-hydrogen) atoms. The lowest BCUT2D eigenvalue weighted by atomic mass is 9.60. The average molecular weight is 649 g/mol. The number of rotatable bonds is 28. The zero-order valence-corrected chi connectivity index (χ0v) is 30.6. The topological polar surface area (TPSA) is 101 Å². The summed E-state index contributed by atoms with van der Waals surface area (Å²) in [5.41, 5.74) is -0.508. The number of unbranched alkanes of at least 4 members (excludes halogenated alkanes) is 14. The number of hydrogen-bond donors (Lipinski definition) is 2. The second kappa shape index (κ2) is 25.2. The quantitative estimate of drug-likeness (QED) is 0.0497. The van der Waals surface area contributed by atoms with E-state index >= 15 is 0 Å². The van der Waals surface area contributed by atoms with Gasteiger partial charge in [-0.05, 0) is 62.4 Å². The molecule has 2 unspecified atom stereocenters. The molecule has 1 rings (SSSR count). The van der Waals surface area contributed by atoms with Crippen molar-refractivity contribution in [2.75, 3.05) is 6.61 Å². The van der Waals surface area contributed by atoms with Crippen LogP contribution < -0.4 is 0 Å². The molecule has 0 spiro atoms. The first kappa shape index (κ1) is 42.2. The predicted molar refractivity (Wildman–Crippen MR) is 190 cm³/mol. The van der Waals surface area contributed by atoms with E-state index in [1.165, 1.54) is 51.4 Å². The summed E-state index contributed by atoms with van der Waals surface area (Å²) < 4.78 is 5.89. The van der Waals surface area contributed by atoms with Crippen LogP contribution in [0.5, 0.6) is 0 Å². The van der Waals surface area contributed by atoms with Gasteiger partial charge in [0.2, 0.25) is 0 Å². The highest BCUT2D eigenvalue weighted by Gasteiger charge is 2.54. The third-order valence-corrected chi connectivity index (χ3v) is 10.1. The minimum atomic E-state index is -1.55. The van der Waals surface area contributed by atoms with Crippen LogP contribution in [0, 0.1) is 23.2 Å². The van der Waals surface area contributed by atoms with Crippen LogP contribution in [0.2, 0.25) is 0 Å². The largest absolute Gasteiger partial charge is 0.481 e. The molecular formula is C40H72O6. The van der Waals surface area contributed by atoms with E-state index in [1.54, 1.807) is 0 Å². The van der Waals surface area contributed by atoms with Crippen molar-refractivity contribution in [3.8, 4) is 0 Å². The Morgan fingerprint density at radius 2 is 1.17 bits per heavy atom. The fourth-order valence-corrected chi connectivity index (χ4v) is 7.35. The van der Waals surface area contributed by atoms with Gasteiger partial charge >= 0.3 is 17.9 Å². The molecule has 0 amide bonds. The van der Waals surface area contributed by atoms with Crippen molar-refractivity contribution < 1.29 is 29.3 Å². The van der Waals surface area contributed by atoms with E-state index in [9.17, 15) is 24.6 Å². The molecule has 6 heteroatoms. The summed E-state index contributed by atoms with van der Waals surface area (Å²) >= 11 is 0. The molecule has 0 aliphatic heterocycles. The molecular weight excluding hydrogens is 576 g/mol. The van der Waals surface area contributed by atoms with E-state index in [0.717, 1.165) is 70.6 Å². The highest BCUT2D eigenvalue weighted by molar-refractivity contribution is 5.94. The van der Waals surface area contributed by atoms with E-state index < -0.39 is 29.2 Å². The SMILES string of the molecule is CCCCCCCCCOC(=O)C(CCCCCCCC(C)C)=C(CCCCCCCC(C)C)C1(C(=O)O)CCCCC1C(=O)O. The summed E-state index contributed by atoms with van der Waals surface area (Å²) in [6.45, 7) is 11.5. The first-order valence-electron chi connectivity index (χ1n) is 19.4. The molecule has 0 aromatic rings. The Morgan fingerprint density at radius 3 is 1.70 bits per heavy atom. The second-order valence-corrected chi connectivity index (χ2v) is 15.0. The van der Waals surface area contributed by atoms with Crippen LogP contribution in [0.4, 0.5) is 0 Å². The standard InChI is InChI=1S/C40H72O6/c1-6-7-8-9-10-17-24-31-46-38(43)34(27-20-15-11-13-18-25-32(2)3)35(28-21-16-12-14-19-26-33(4)5)40(39(44)45)30-23-22-29-36(40)37(41)42/h32-33,36H,6-31H2,1-5H3,(H,41,42)(H,44,45). The molecule has 0 heterocycles. The van der Waals surface area contributed by atoms with Gasteiger partial charge in [-0.25, -0.2) is 4.79 Å². The van der Waals surface area contributed by atoms with Gasteiger partial charge in [0, 0.05) is 5.57 Å². The lowest BCUT2D eigenvalue weighted by Gasteiger charge is -2.41. The van der Waals surface area contributed by atoms with Crippen LogP contribution in [0.15, 0.2) is 11.1 Å². The Balaban J connectivity index is 3.25. The first-order valence-corrected chi connectivity index (χ1v) is 19.4. The van der Waals surface area contributed by atoms with Crippen molar-refractivity contribution in [2.24, 2.45) is 23.2 Å². The molecule has 1 fully saturated rings. The number of carbonyl (C=O) groups is 3. The van der Waals surface area contributed by atoms with E-state index in [0.29, 0.717) is 61.7 Å². The van der Waals surface area contributed by atoms with Crippen LogP contribution in [-0.4, -0.2) is 34.7 Å². The lowest BCUT2D eigenvalue weighted by Crippen LogP contribution is -2.47. The average Bonchev–Trinajstić information content (AvgIpc) is 3.01. The monoisotopic (exact) mass is 649 g/mol. The third kappa shape index (κ3) is 16.3. The van der Waals surface area contributed by atoms with Crippen LogP contribution in [0.3, 0.4) is 0 Å². The van der Waals surface area contributed by atoms with E-state index in [4.69, 9.17) is 4.74 Å². The molecule has 0 radical (unpaired) electrons. The maximum Gasteiger partial charge on any atom is 0.333 e. The van der Waals surface area contributed by atoms with E-state index in [1.807, 2.05) is 0 Å². The zero-order chi connectivity index (χ0) is 34.2. The van der Waals surface area contributed by atoms with Gasteiger partial charge in [-0.2, -0.15) is 0 Å². The number of hydrogen-bond acceptors (Lipinski definition) is 4. The van der Waals surface area contributed by atoms with E-state index in [-0.39, 0.29) is 6.42 Å². The van der Waals surface area contributed by atoms with Gasteiger partial charge < -0.3 is 14.9 Å². The van der Waals surface area contributed by atoms with Crippen molar-refractivity contribution in [2.45, 2.75) is 195 Å². The normalized spacial score (nSPS) is 19.0. The molecule has 2 atom stereocenters. The summed E-state index contributed by atoms with van der Waals surface area (Å²) in [6.07, 6.45) is 23.5. The first-order chi connectivity index (χ1) is 22.1. The smallest absolute Gasteiger partial charge is 0.333 e. The third-order valence-electron chi connectivity index (χ3n) is 10.1. The number of ether oxygens (including phenoxy) is 1. The summed E-state index contributed by atoms with van der Waals surface area (Å²) in [4.78, 5) is 39.8. The van der Waals surface area contributed by atoms with Crippen LogP contribution >= 0.6 is 0 Å². The number of carboxylic acid groups (broad SMARTS) is 2. The Morgan fingerprint density at radius 1 is 0.674 bits per heavy atom. The van der Waals surface area contributed by atoms with Crippen LogP contribution in [0.1, 0.15) is 195 Å². The van der Waals surface area contributed by atoms with Gasteiger partial charge in [-0.3, -0.25) is 9.59 Å². The molecule has 0 bridgehead atoms. The fraction of sp³-hybridized carbons (Fsp3) is 0.875. The second-order valence-electron chi connectivity index (χ2n) is 15.0. The lowest BCUT2D eigenvalue weighted by molar-refractivity contribution is -0.163. The number of aliphatic carboxylic acids is 2. The molecule has 268 valence electrons. The maximum atomic E-state index is 13.9. The van der Waals surface area contributed by atoms with Gasteiger partial charge in [0.1, 0.15) is 5.41 Å². The van der Waals surface area contributed by atoms with Crippen molar-refractivity contribution >= 4 is 17.9 Å². The zero-order valence-electron chi connectivity index (χ0n) is 30.6. The maximum absolute atomic E-state index is 13.9. The van der Waals surface area contributed by atoms with Crippen molar-refractivity contribution in [3.63, 3.8) is 0 Å². The number of esters is 1. The minimum absolute atomic E-state index is 0.271. The highest BCUT2D eigenvalue weighted by atomic mass is 16.5. The molecule has 2 N–H and O–H groups in total. The minimum Gasteiger partial charge on any atom is -0.481 e. The van der Waals surface area contributed by atoms with Gasteiger partial charge in [0.15, 0.2) is 0 Å². The molecule has 0 aromatic heterocycles. The van der Waals surface area contributed by atoms with Gasteiger partial charge in [-0.1, -0.05) is 150 Å². The van der Waals surface area contributed by atoms with E-state index in [2.05, 4.69) is 34.6 Å². The Hall–Kier alpha value is -1.85. The molecule has 1 saturated carbocycles. The van der Waals surface area contributed by atoms with Gasteiger partial charge in [0.05, 0.1) is 12.5 Å². The van der Waals surface area contributed by atoms with Crippen LogP contribution in [0.25, 0.3) is 0 Å². The fourth-order valence-electron chi connectivity index (χ4n) is 7.35. The van der Waals surface area contributed by atoms with Crippen molar-refractivity contribution in [1.82, 2.24) is 0 Å². The Kier molecular flexibility index (Phi) is 23.1. The predicted octanol–water partition coefficient (Wildman–Crippen LogP) is 11.7. The van der Waals surface area contributed by atoms with Crippen molar-refractivity contribution in [3.05, 3.63) is 11.1 Å². The summed E-state index contributed by atoms with van der Waals surface area (Å²) in [5, 5.41) is 21.1. The highest BCUT2D eigenvalue weighted by Crippen LogP contribution is 2.50. The number of carboxylic acids is 2. The summed E-state index contributed by atoms with van der Waals surface area (Å²) in [5.74, 6) is -2.20. The summed E-state index contributed by atoms with van der Waals surface area (Å²) in [6, 6.07) is 0. The van der Waals surface area contributed by atoms with Crippen molar-refractivity contribution in [1.29, 1.82) is 0 Å². The molecule has 6 nitrogen and oxygen atoms in total. The Labute approximate surface area is 282 Å². The van der Waals surface area contributed by atoms with Crippen LogP contribution in [-0.2, 0) is 19.1 Å².